The molecule has 0 saturated carbocycles. The van der Waals surface area contributed by atoms with Crippen LogP contribution in [0, 0.1) is 13.8 Å². The monoisotopic (exact) mass is 418 g/mol. The van der Waals surface area contributed by atoms with Crippen LogP contribution in [0.2, 0.25) is 0 Å². The van der Waals surface area contributed by atoms with Gasteiger partial charge in [0.25, 0.3) is 10.0 Å². The first-order chi connectivity index (χ1) is 13.8. The van der Waals surface area contributed by atoms with Gasteiger partial charge in [-0.25, -0.2) is 8.42 Å². The summed E-state index contributed by atoms with van der Waals surface area (Å²) in [6.45, 7) is 6.67. The summed E-state index contributed by atoms with van der Waals surface area (Å²) < 4.78 is 39.4. The smallest absolute Gasteiger partial charge is 0.261 e. The Labute approximate surface area is 171 Å². The van der Waals surface area contributed by atoms with Gasteiger partial charge in [0.2, 0.25) is 5.91 Å². The second kappa shape index (κ2) is 8.32. The zero-order valence-corrected chi connectivity index (χ0v) is 17.9. The molecule has 0 bridgehead atoms. The third-order valence-electron chi connectivity index (χ3n) is 4.83. The van der Waals surface area contributed by atoms with Crippen molar-refractivity contribution in [3.8, 4) is 11.5 Å². The van der Waals surface area contributed by atoms with Crippen molar-refractivity contribution in [2.24, 2.45) is 0 Å². The summed E-state index contributed by atoms with van der Waals surface area (Å²) in [6.07, 6.45) is 1.31. The van der Waals surface area contributed by atoms with Gasteiger partial charge in [-0.1, -0.05) is 0 Å². The van der Waals surface area contributed by atoms with E-state index in [1.54, 1.807) is 35.2 Å². The molecule has 1 amide bonds. The molecule has 1 fully saturated rings. The number of anilines is 2. The van der Waals surface area contributed by atoms with Crippen molar-refractivity contribution in [3.05, 3.63) is 41.5 Å². The first-order valence-corrected chi connectivity index (χ1v) is 11.0. The van der Waals surface area contributed by atoms with E-state index < -0.39 is 10.0 Å². The third-order valence-corrected chi connectivity index (χ3v) is 6.19. The summed E-state index contributed by atoms with van der Waals surface area (Å²) in [5.41, 5.74) is 2.52. The Morgan fingerprint density at radius 3 is 2.38 bits per heavy atom. The van der Waals surface area contributed by atoms with Crippen molar-refractivity contribution in [1.82, 2.24) is 0 Å². The second-order valence-corrected chi connectivity index (χ2v) is 8.64. The van der Waals surface area contributed by atoms with Gasteiger partial charge in [-0.05, 0) is 62.6 Å². The molecule has 0 aliphatic carbocycles. The minimum Gasteiger partial charge on any atom is -0.494 e. The number of rotatable bonds is 7. The van der Waals surface area contributed by atoms with Crippen LogP contribution in [0.4, 0.5) is 11.4 Å². The van der Waals surface area contributed by atoms with E-state index in [0.29, 0.717) is 42.4 Å². The predicted octanol–water partition coefficient (Wildman–Crippen LogP) is 3.64. The number of ether oxygens (including phenoxy) is 2. The van der Waals surface area contributed by atoms with Gasteiger partial charge in [0, 0.05) is 19.0 Å². The molecule has 3 rings (SSSR count). The average Bonchev–Trinajstić information content (AvgIpc) is 3.09. The molecule has 1 N–H and O–H groups in total. The summed E-state index contributed by atoms with van der Waals surface area (Å²) in [7, 11) is -2.30. The minimum atomic E-state index is -3.80. The molecule has 1 saturated heterocycles. The number of nitrogens with zero attached hydrogens (tertiary/aromatic N) is 1. The molecule has 2 aromatic carbocycles. The van der Waals surface area contributed by atoms with E-state index in [1.165, 1.54) is 7.11 Å². The Morgan fingerprint density at radius 2 is 1.83 bits per heavy atom. The molecule has 8 heteroatoms. The van der Waals surface area contributed by atoms with Crippen molar-refractivity contribution in [3.63, 3.8) is 0 Å². The Morgan fingerprint density at radius 1 is 1.14 bits per heavy atom. The highest BCUT2D eigenvalue weighted by atomic mass is 32.2. The van der Waals surface area contributed by atoms with Crippen molar-refractivity contribution in [1.29, 1.82) is 0 Å². The zero-order chi connectivity index (χ0) is 21.2. The largest absolute Gasteiger partial charge is 0.494 e. The summed E-state index contributed by atoms with van der Waals surface area (Å²) in [6, 6.07) is 8.11. The summed E-state index contributed by atoms with van der Waals surface area (Å²) in [5, 5.41) is 0. The van der Waals surface area contributed by atoms with Gasteiger partial charge < -0.3 is 14.4 Å². The lowest BCUT2D eigenvalue weighted by Crippen LogP contribution is -2.24. The Bertz CT molecular complexity index is 1010. The van der Waals surface area contributed by atoms with Gasteiger partial charge in [0.05, 0.1) is 30.0 Å². The molecule has 7 nitrogen and oxygen atoms in total. The SMILES string of the molecule is CCOc1c(C)cc(S(=O)(=O)Nc2ccc(N3CCCC3=O)c(OC)c2)cc1C. The molecule has 0 aromatic heterocycles. The van der Waals surface area contributed by atoms with Crippen molar-refractivity contribution >= 4 is 27.3 Å². The number of carbonyl (C=O) groups is 1. The molecule has 1 heterocycles. The van der Waals surface area contributed by atoms with Gasteiger partial charge in [0.1, 0.15) is 11.5 Å². The number of sulfonamides is 1. The van der Waals surface area contributed by atoms with Crippen LogP contribution in [0.3, 0.4) is 0 Å². The van der Waals surface area contributed by atoms with Crippen molar-refractivity contribution in [2.75, 3.05) is 29.9 Å². The fourth-order valence-corrected chi connectivity index (χ4v) is 4.74. The fraction of sp³-hybridized carbons (Fsp3) is 0.381. The molecule has 0 unspecified atom stereocenters. The quantitative estimate of drug-likeness (QED) is 0.742. The molecule has 1 aliphatic rings. The zero-order valence-electron chi connectivity index (χ0n) is 17.1. The van der Waals surface area contributed by atoms with Crippen LogP contribution in [-0.2, 0) is 14.8 Å². The van der Waals surface area contributed by atoms with E-state index in [-0.39, 0.29) is 10.8 Å². The van der Waals surface area contributed by atoms with E-state index in [4.69, 9.17) is 9.47 Å². The minimum absolute atomic E-state index is 0.0389. The van der Waals surface area contributed by atoms with E-state index in [0.717, 1.165) is 17.5 Å². The lowest BCUT2D eigenvalue weighted by Gasteiger charge is -2.20. The van der Waals surface area contributed by atoms with Gasteiger partial charge in [0.15, 0.2) is 0 Å². The predicted molar refractivity (Wildman–Crippen MR) is 112 cm³/mol. The number of benzene rings is 2. The molecular weight excluding hydrogens is 392 g/mol. The van der Waals surface area contributed by atoms with E-state index in [9.17, 15) is 13.2 Å². The molecule has 0 radical (unpaired) electrons. The van der Waals surface area contributed by atoms with Gasteiger partial charge in [-0.15, -0.1) is 0 Å². The van der Waals surface area contributed by atoms with Gasteiger partial charge in [-0.3, -0.25) is 9.52 Å². The molecule has 1 aliphatic heterocycles. The Balaban J connectivity index is 1.90. The number of amides is 1. The first-order valence-electron chi connectivity index (χ1n) is 9.52. The standard InChI is InChI=1S/C21H26N2O5S/c1-5-28-21-14(2)11-17(12-15(21)3)29(25,26)22-16-8-9-18(19(13-16)27-4)23-10-6-7-20(23)24/h8-9,11-13,22H,5-7,10H2,1-4H3. The summed E-state index contributed by atoms with van der Waals surface area (Å²) in [5.74, 6) is 1.18. The highest BCUT2D eigenvalue weighted by Gasteiger charge is 2.25. The maximum atomic E-state index is 12.9. The van der Waals surface area contributed by atoms with Crippen LogP contribution >= 0.6 is 0 Å². The summed E-state index contributed by atoms with van der Waals surface area (Å²) in [4.78, 5) is 13.9. The van der Waals surface area contributed by atoms with Crippen LogP contribution in [0.5, 0.6) is 11.5 Å². The fourth-order valence-electron chi connectivity index (χ4n) is 3.52. The maximum Gasteiger partial charge on any atom is 0.261 e. The molecule has 2 aromatic rings. The highest BCUT2D eigenvalue weighted by molar-refractivity contribution is 7.92. The lowest BCUT2D eigenvalue weighted by atomic mass is 10.1. The molecule has 0 spiro atoms. The average molecular weight is 419 g/mol. The third kappa shape index (κ3) is 4.32. The molecule has 156 valence electrons. The molecule has 0 atom stereocenters. The van der Waals surface area contributed by atoms with Crippen LogP contribution < -0.4 is 19.1 Å². The number of hydrogen-bond donors (Lipinski definition) is 1. The topological polar surface area (TPSA) is 84.9 Å². The van der Waals surface area contributed by atoms with Crippen molar-refractivity contribution in [2.45, 2.75) is 38.5 Å². The number of nitrogens with one attached hydrogen (secondary N) is 1. The van der Waals surface area contributed by atoms with E-state index in [1.807, 2.05) is 20.8 Å². The normalized spacial score (nSPS) is 14.2. The van der Waals surface area contributed by atoms with E-state index >= 15 is 0 Å². The van der Waals surface area contributed by atoms with Crippen LogP contribution in [0.25, 0.3) is 0 Å². The number of methoxy groups -OCH3 is 1. The first kappa shape index (κ1) is 21.0. The number of aryl methyl sites for hydroxylation is 2. The highest BCUT2D eigenvalue weighted by Crippen LogP contribution is 2.35. The Kier molecular flexibility index (Phi) is 6.02. The molecular formula is C21H26N2O5S. The van der Waals surface area contributed by atoms with Gasteiger partial charge >= 0.3 is 0 Å². The van der Waals surface area contributed by atoms with Crippen LogP contribution in [-0.4, -0.2) is 34.6 Å². The second-order valence-electron chi connectivity index (χ2n) is 6.96. The number of carbonyl (C=O) groups excluding carboxylic acids is 1. The maximum absolute atomic E-state index is 12.9. The summed E-state index contributed by atoms with van der Waals surface area (Å²) >= 11 is 0. The van der Waals surface area contributed by atoms with Crippen molar-refractivity contribution < 1.29 is 22.7 Å². The van der Waals surface area contributed by atoms with E-state index in [2.05, 4.69) is 4.72 Å². The van der Waals surface area contributed by atoms with Crippen LogP contribution in [0.15, 0.2) is 35.2 Å². The van der Waals surface area contributed by atoms with Gasteiger partial charge in [-0.2, -0.15) is 0 Å². The molecule has 29 heavy (non-hydrogen) atoms. The Hall–Kier alpha value is -2.74. The lowest BCUT2D eigenvalue weighted by molar-refractivity contribution is -0.117. The van der Waals surface area contributed by atoms with Crippen LogP contribution in [0.1, 0.15) is 30.9 Å². The number of hydrogen-bond acceptors (Lipinski definition) is 5.